The van der Waals surface area contributed by atoms with Gasteiger partial charge in [-0.25, -0.2) is 4.79 Å². The number of hydrogen-bond acceptors (Lipinski definition) is 5. The van der Waals surface area contributed by atoms with E-state index in [4.69, 9.17) is 4.74 Å². The molecule has 0 saturated heterocycles. The lowest BCUT2D eigenvalue weighted by molar-refractivity contribution is -0.142. The van der Waals surface area contributed by atoms with Crippen molar-refractivity contribution in [2.75, 3.05) is 6.54 Å². The summed E-state index contributed by atoms with van der Waals surface area (Å²) in [7, 11) is 0. The number of alkyl carbamates (subject to hydrolysis) is 1. The highest BCUT2D eigenvalue weighted by Crippen LogP contribution is 2.28. The van der Waals surface area contributed by atoms with Gasteiger partial charge < -0.3 is 25.4 Å². The molecular weight excluding hydrogens is 530 g/mol. The maximum Gasteiger partial charge on any atom is 0.408 e. The zero-order valence-electron chi connectivity index (χ0n) is 26.8. The third kappa shape index (κ3) is 11.0. The van der Waals surface area contributed by atoms with Gasteiger partial charge in [-0.2, -0.15) is 0 Å². The van der Waals surface area contributed by atoms with Gasteiger partial charge in [0.05, 0.1) is 0 Å². The van der Waals surface area contributed by atoms with Crippen LogP contribution in [0.1, 0.15) is 102 Å². The monoisotopic (exact) mass is 581 g/mol. The van der Waals surface area contributed by atoms with Crippen LogP contribution < -0.4 is 10.6 Å². The minimum Gasteiger partial charge on any atom is -0.508 e. The average molecular weight is 582 g/mol. The van der Waals surface area contributed by atoms with E-state index in [0.29, 0.717) is 13.0 Å². The molecule has 0 radical (unpaired) electrons. The highest BCUT2D eigenvalue weighted by atomic mass is 16.6. The third-order valence-electron chi connectivity index (χ3n) is 7.04. The van der Waals surface area contributed by atoms with Crippen molar-refractivity contribution in [3.05, 3.63) is 64.7 Å². The van der Waals surface area contributed by atoms with Crippen molar-refractivity contribution in [3.63, 3.8) is 0 Å². The molecule has 3 amide bonds. The number of carbonyl (C=O) groups is 3. The van der Waals surface area contributed by atoms with Crippen molar-refractivity contribution in [2.24, 2.45) is 0 Å². The summed E-state index contributed by atoms with van der Waals surface area (Å²) < 4.78 is 5.52. The molecule has 0 aliphatic heterocycles. The van der Waals surface area contributed by atoms with Crippen molar-refractivity contribution in [1.29, 1.82) is 0 Å². The normalized spacial score (nSPS) is 13.5. The van der Waals surface area contributed by atoms with Crippen LogP contribution >= 0.6 is 0 Å². The Bertz CT molecular complexity index is 1170. The molecule has 8 heteroatoms. The van der Waals surface area contributed by atoms with Gasteiger partial charge in [-0.15, -0.1) is 0 Å². The van der Waals surface area contributed by atoms with Gasteiger partial charge in [-0.1, -0.05) is 69.0 Å². The van der Waals surface area contributed by atoms with Crippen LogP contribution in [0.3, 0.4) is 0 Å². The number of benzene rings is 2. The smallest absolute Gasteiger partial charge is 0.408 e. The second-order valence-corrected chi connectivity index (χ2v) is 12.3. The van der Waals surface area contributed by atoms with Crippen molar-refractivity contribution >= 4 is 17.9 Å². The number of phenolic OH excluding ortho intramolecular Hbond substituents is 1. The van der Waals surface area contributed by atoms with Gasteiger partial charge in [-0.3, -0.25) is 9.59 Å². The summed E-state index contributed by atoms with van der Waals surface area (Å²) in [5, 5.41) is 15.7. The van der Waals surface area contributed by atoms with Crippen LogP contribution in [0.25, 0.3) is 0 Å². The van der Waals surface area contributed by atoms with Crippen molar-refractivity contribution < 1.29 is 24.2 Å². The highest BCUT2D eigenvalue weighted by molar-refractivity contribution is 5.92. The average Bonchev–Trinajstić information content (AvgIpc) is 2.88. The lowest BCUT2D eigenvalue weighted by atomic mass is 9.95. The Morgan fingerprint density at radius 2 is 1.62 bits per heavy atom. The van der Waals surface area contributed by atoms with Gasteiger partial charge in [0.25, 0.3) is 0 Å². The molecule has 2 aromatic carbocycles. The largest absolute Gasteiger partial charge is 0.508 e. The van der Waals surface area contributed by atoms with Crippen molar-refractivity contribution in [3.8, 4) is 5.75 Å². The fourth-order valence-corrected chi connectivity index (χ4v) is 5.03. The minimum atomic E-state index is -1.000. The lowest BCUT2D eigenvalue weighted by Crippen LogP contribution is -2.54. The van der Waals surface area contributed by atoms with E-state index in [-0.39, 0.29) is 30.0 Å². The predicted molar refractivity (Wildman–Crippen MR) is 167 cm³/mol. The van der Waals surface area contributed by atoms with Crippen LogP contribution in [-0.4, -0.2) is 52.1 Å². The molecule has 2 aromatic rings. The van der Waals surface area contributed by atoms with E-state index in [0.717, 1.165) is 47.9 Å². The first-order valence-electron chi connectivity index (χ1n) is 15.2. The van der Waals surface area contributed by atoms with Crippen molar-refractivity contribution in [1.82, 2.24) is 15.5 Å². The summed E-state index contributed by atoms with van der Waals surface area (Å²) in [5.41, 5.74) is 2.73. The zero-order valence-corrected chi connectivity index (χ0v) is 26.8. The van der Waals surface area contributed by atoms with Gasteiger partial charge >= 0.3 is 6.09 Å². The Labute approximate surface area is 252 Å². The van der Waals surface area contributed by atoms with Crippen molar-refractivity contribution in [2.45, 2.75) is 118 Å². The van der Waals surface area contributed by atoms with Crippen LogP contribution in [0, 0.1) is 13.8 Å². The highest BCUT2D eigenvalue weighted by Gasteiger charge is 2.37. The molecule has 0 spiro atoms. The van der Waals surface area contributed by atoms with Gasteiger partial charge in [0, 0.05) is 19.0 Å². The molecule has 3 unspecified atom stereocenters. The number of nitrogens with zero attached hydrogens (tertiary/aromatic N) is 1. The van der Waals surface area contributed by atoms with E-state index in [9.17, 15) is 19.5 Å². The van der Waals surface area contributed by atoms with Crippen LogP contribution in [0.2, 0.25) is 0 Å². The molecule has 232 valence electrons. The third-order valence-corrected chi connectivity index (χ3v) is 7.04. The molecule has 0 aromatic heterocycles. The number of amides is 3. The summed E-state index contributed by atoms with van der Waals surface area (Å²) in [6.45, 7) is 15.7. The fourth-order valence-electron chi connectivity index (χ4n) is 5.03. The standard InChI is InChI=1S/C34H51N3O5/c1-9-11-12-20-37(30(31(39)35-25(5)13-10-2)28-19-14-23(3)21-24(28)4)32(40)29(36-33(41)42-34(6,7)8)22-26-15-17-27(38)18-16-26/h14-19,21,25,29-30,38H,9-13,20,22H2,1-8H3,(H,35,39)(H,36,41). The fraction of sp³-hybridized carbons (Fsp3) is 0.559. The number of phenols is 1. The Balaban J connectivity index is 2.61. The van der Waals surface area contributed by atoms with Crippen LogP contribution in [0.15, 0.2) is 42.5 Å². The second kappa shape index (κ2) is 16.2. The van der Waals surface area contributed by atoms with E-state index < -0.39 is 23.8 Å². The number of carbonyl (C=O) groups excluding carboxylic acids is 3. The number of nitrogens with one attached hydrogen (secondary N) is 2. The number of unbranched alkanes of at least 4 members (excludes halogenated alkanes) is 2. The van der Waals surface area contributed by atoms with E-state index in [2.05, 4.69) is 24.5 Å². The van der Waals surface area contributed by atoms with E-state index in [1.54, 1.807) is 49.9 Å². The first kappa shape index (κ1) is 34.7. The molecule has 8 nitrogen and oxygen atoms in total. The molecule has 3 N–H and O–H groups in total. The molecule has 0 saturated carbocycles. The molecular formula is C34H51N3O5. The van der Waals surface area contributed by atoms with Gasteiger partial charge in [0.15, 0.2) is 0 Å². The summed E-state index contributed by atoms with van der Waals surface area (Å²) in [6.07, 6.45) is 3.73. The van der Waals surface area contributed by atoms with Crippen LogP contribution in [-0.2, 0) is 20.7 Å². The molecule has 0 aliphatic carbocycles. The van der Waals surface area contributed by atoms with E-state index in [1.165, 1.54) is 0 Å². The Morgan fingerprint density at radius 3 is 2.19 bits per heavy atom. The van der Waals surface area contributed by atoms with E-state index in [1.807, 2.05) is 39.0 Å². The molecule has 0 fully saturated rings. The number of ether oxygens (including phenoxy) is 1. The molecule has 0 bridgehead atoms. The van der Waals surface area contributed by atoms with Gasteiger partial charge in [0.2, 0.25) is 11.8 Å². The Kier molecular flexibility index (Phi) is 13.4. The summed E-state index contributed by atoms with van der Waals surface area (Å²) in [5.74, 6) is -0.502. The SMILES string of the molecule is CCCCCN(C(=O)C(Cc1ccc(O)cc1)NC(=O)OC(C)(C)C)C(C(=O)NC(C)CCC)c1ccc(C)cc1C. The van der Waals surface area contributed by atoms with Gasteiger partial charge in [0.1, 0.15) is 23.4 Å². The van der Waals surface area contributed by atoms with Crippen LogP contribution in [0.4, 0.5) is 4.79 Å². The molecule has 2 rings (SSSR count). The second-order valence-electron chi connectivity index (χ2n) is 12.3. The number of rotatable bonds is 14. The summed E-state index contributed by atoms with van der Waals surface area (Å²) in [6, 6.07) is 10.5. The predicted octanol–water partition coefficient (Wildman–Crippen LogP) is 6.51. The zero-order chi connectivity index (χ0) is 31.4. The maximum absolute atomic E-state index is 14.5. The quantitative estimate of drug-likeness (QED) is 0.221. The van der Waals surface area contributed by atoms with E-state index >= 15 is 0 Å². The number of hydrogen-bond donors (Lipinski definition) is 3. The summed E-state index contributed by atoms with van der Waals surface area (Å²) >= 11 is 0. The van der Waals surface area contributed by atoms with Crippen LogP contribution in [0.5, 0.6) is 5.75 Å². The first-order valence-corrected chi connectivity index (χ1v) is 15.2. The molecule has 42 heavy (non-hydrogen) atoms. The molecule has 3 atom stereocenters. The number of aryl methyl sites for hydroxylation is 2. The first-order chi connectivity index (χ1) is 19.7. The summed E-state index contributed by atoms with van der Waals surface area (Å²) in [4.78, 5) is 43.2. The Hall–Kier alpha value is -3.55. The lowest BCUT2D eigenvalue weighted by Gasteiger charge is -2.36. The maximum atomic E-state index is 14.5. The molecule has 0 aliphatic rings. The Morgan fingerprint density at radius 1 is 0.952 bits per heavy atom. The number of aromatic hydroxyl groups is 1. The van der Waals surface area contributed by atoms with Gasteiger partial charge in [-0.05, 0) is 83.2 Å². The minimum absolute atomic E-state index is 0.0592. The molecule has 0 heterocycles. The topological polar surface area (TPSA) is 108 Å².